The van der Waals surface area contributed by atoms with E-state index in [4.69, 9.17) is 0 Å². The zero-order valence-electron chi connectivity index (χ0n) is 13.0. The second-order valence-corrected chi connectivity index (χ2v) is 7.11. The van der Waals surface area contributed by atoms with E-state index in [9.17, 15) is 0 Å². The van der Waals surface area contributed by atoms with E-state index in [-0.39, 0.29) is 0 Å². The molecule has 1 aromatic heterocycles. The minimum Gasteiger partial charge on any atom is -0.373 e. The summed E-state index contributed by atoms with van der Waals surface area (Å²) < 4.78 is 0.388. The van der Waals surface area contributed by atoms with Crippen molar-refractivity contribution in [1.29, 1.82) is 0 Å². The smallest absolute Gasteiger partial charge is 0.135 e. The van der Waals surface area contributed by atoms with Gasteiger partial charge >= 0.3 is 0 Å². The fourth-order valence-corrected chi connectivity index (χ4v) is 3.91. The Bertz CT molecular complexity index is 441. The summed E-state index contributed by atoms with van der Waals surface area (Å²) in [5.41, 5.74) is 1.18. The summed E-state index contributed by atoms with van der Waals surface area (Å²) in [7, 11) is 1.92. The Hall–Kier alpha value is -0.970. The Labute approximate surface area is 126 Å². The van der Waals surface area contributed by atoms with Crippen molar-refractivity contribution in [3.05, 3.63) is 11.9 Å². The van der Waals surface area contributed by atoms with Crippen LogP contribution in [0.4, 0.5) is 11.6 Å². The highest BCUT2D eigenvalue weighted by Crippen LogP contribution is 2.40. The molecule has 1 aliphatic rings. The van der Waals surface area contributed by atoms with Gasteiger partial charge in [0.05, 0.1) is 0 Å². The normalized spacial score (nSPS) is 17.4. The van der Waals surface area contributed by atoms with Crippen LogP contribution in [0.1, 0.15) is 51.0 Å². The number of aromatic nitrogens is 2. The van der Waals surface area contributed by atoms with Crippen molar-refractivity contribution in [2.75, 3.05) is 30.5 Å². The van der Waals surface area contributed by atoms with Gasteiger partial charge in [0.1, 0.15) is 18.0 Å². The van der Waals surface area contributed by atoms with Crippen LogP contribution < -0.4 is 10.6 Å². The van der Waals surface area contributed by atoms with Gasteiger partial charge in [-0.1, -0.05) is 26.7 Å². The molecule has 0 atom stereocenters. The maximum Gasteiger partial charge on any atom is 0.135 e. The van der Waals surface area contributed by atoms with Crippen molar-refractivity contribution in [1.82, 2.24) is 9.97 Å². The Kier molecular flexibility index (Phi) is 5.13. The number of thioether (sulfide) groups is 1. The first-order valence-corrected chi connectivity index (χ1v) is 8.66. The molecule has 2 rings (SSSR count). The van der Waals surface area contributed by atoms with Crippen molar-refractivity contribution >= 4 is 23.4 Å². The Morgan fingerprint density at radius 1 is 1.25 bits per heavy atom. The van der Waals surface area contributed by atoms with Crippen molar-refractivity contribution in [2.24, 2.45) is 0 Å². The third-order valence-corrected chi connectivity index (χ3v) is 5.64. The molecule has 0 bridgehead atoms. The van der Waals surface area contributed by atoms with Crippen LogP contribution in [0.2, 0.25) is 0 Å². The van der Waals surface area contributed by atoms with E-state index in [0.29, 0.717) is 10.7 Å². The average Bonchev–Trinajstić information content (AvgIpc) is 2.93. The fraction of sp³-hybridized carbons (Fsp3) is 0.733. The van der Waals surface area contributed by atoms with Crippen LogP contribution >= 0.6 is 11.8 Å². The van der Waals surface area contributed by atoms with Gasteiger partial charge in [-0.3, -0.25) is 0 Å². The first-order chi connectivity index (χ1) is 9.62. The lowest BCUT2D eigenvalue weighted by Gasteiger charge is -2.28. The summed E-state index contributed by atoms with van der Waals surface area (Å²) in [6.07, 6.45) is 9.19. The molecular weight excluding hydrogens is 268 g/mol. The minimum atomic E-state index is 0.388. The summed E-state index contributed by atoms with van der Waals surface area (Å²) in [5, 5.41) is 6.76. The number of nitrogens with one attached hydrogen (secondary N) is 2. The van der Waals surface area contributed by atoms with Crippen LogP contribution in [0.15, 0.2) is 6.33 Å². The lowest BCUT2D eigenvalue weighted by Crippen LogP contribution is -2.30. The molecule has 4 nitrogen and oxygen atoms in total. The van der Waals surface area contributed by atoms with Crippen molar-refractivity contribution < 1.29 is 0 Å². The second kappa shape index (κ2) is 6.66. The van der Waals surface area contributed by atoms with E-state index in [1.54, 1.807) is 6.33 Å². The van der Waals surface area contributed by atoms with Gasteiger partial charge in [-0.2, -0.15) is 11.8 Å². The molecule has 112 valence electrons. The fourth-order valence-electron chi connectivity index (χ4n) is 3.00. The summed E-state index contributed by atoms with van der Waals surface area (Å²) >= 11 is 2.00. The number of nitrogens with zero attached hydrogens (tertiary/aromatic N) is 2. The molecule has 0 saturated heterocycles. The van der Waals surface area contributed by atoms with Gasteiger partial charge in [0.25, 0.3) is 0 Å². The molecule has 1 aromatic rings. The molecule has 5 heteroatoms. The van der Waals surface area contributed by atoms with E-state index in [1.807, 2.05) is 18.8 Å². The highest BCUT2D eigenvalue weighted by molar-refractivity contribution is 8.00. The maximum absolute atomic E-state index is 4.46. The van der Waals surface area contributed by atoms with Crippen molar-refractivity contribution in [3.63, 3.8) is 0 Å². The van der Waals surface area contributed by atoms with E-state index in [0.717, 1.165) is 18.2 Å². The summed E-state index contributed by atoms with van der Waals surface area (Å²) in [4.78, 5) is 8.79. The highest BCUT2D eigenvalue weighted by Gasteiger charge is 2.33. The third kappa shape index (κ3) is 3.19. The Morgan fingerprint density at radius 3 is 2.45 bits per heavy atom. The van der Waals surface area contributed by atoms with Crippen LogP contribution in [0.5, 0.6) is 0 Å². The lowest BCUT2D eigenvalue weighted by molar-refractivity contribution is 0.637. The number of rotatable bonds is 6. The Morgan fingerprint density at radius 2 is 1.90 bits per heavy atom. The van der Waals surface area contributed by atoms with E-state index < -0.39 is 0 Å². The molecule has 1 fully saturated rings. The van der Waals surface area contributed by atoms with Crippen LogP contribution in [0.3, 0.4) is 0 Å². The predicted molar refractivity (Wildman–Crippen MR) is 88.9 cm³/mol. The highest BCUT2D eigenvalue weighted by atomic mass is 32.2. The van der Waals surface area contributed by atoms with Crippen LogP contribution in [-0.2, 0) is 0 Å². The van der Waals surface area contributed by atoms with E-state index >= 15 is 0 Å². The molecule has 0 radical (unpaired) electrons. The molecule has 0 spiro atoms. The predicted octanol–water partition coefficient (Wildman–Crippen LogP) is 3.73. The van der Waals surface area contributed by atoms with Crippen LogP contribution in [0, 0.1) is 0 Å². The molecule has 0 aromatic carbocycles. The molecule has 1 aliphatic carbocycles. The van der Waals surface area contributed by atoms with Gasteiger partial charge in [-0.15, -0.1) is 0 Å². The topological polar surface area (TPSA) is 49.8 Å². The zero-order chi connectivity index (χ0) is 14.6. The quantitative estimate of drug-likeness (QED) is 0.837. The SMILES string of the molecule is CNc1ncnc(NCC2(SC)CCCC2)c1C(C)C. The molecule has 0 amide bonds. The van der Waals surface area contributed by atoms with E-state index in [2.05, 4.69) is 40.7 Å². The van der Waals surface area contributed by atoms with Crippen molar-refractivity contribution in [2.45, 2.75) is 50.2 Å². The lowest BCUT2D eigenvalue weighted by atomic mass is 10.0. The number of hydrogen-bond donors (Lipinski definition) is 2. The largest absolute Gasteiger partial charge is 0.373 e. The molecule has 1 heterocycles. The van der Waals surface area contributed by atoms with Crippen LogP contribution in [-0.4, -0.2) is 34.6 Å². The molecule has 2 N–H and O–H groups in total. The molecule has 20 heavy (non-hydrogen) atoms. The standard InChI is InChI=1S/C15H26N4S/c1-11(2)12-13(16-3)18-10-19-14(12)17-9-15(20-4)7-5-6-8-15/h10-11H,5-9H2,1-4H3,(H2,16,17,18,19). The van der Waals surface area contributed by atoms with Gasteiger partial charge in [-0.25, -0.2) is 9.97 Å². The zero-order valence-corrected chi connectivity index (χ0v) is 13.8. The second-order valence-electron chi connectivity index (χ2n) is 5.84. The number of hydrogen-bond acceptors (Lipinski definition) is 5. The van der Waals surface area contributed by atoms with E-state index in [1.165, 1.54) is 31.2 Å². The molecule has 1 saturated carbocycles. The third-order valence-electron chi connectivity index (χ3n) is 4.22. The first kappa shape index (κ1) is 15.4. The number of anilines is 2. The summed E-state index contributed by atoms with van der Waals surface area (Å²) in [5.74, 6) is 2.32. The first-order valence-electron chi connectivity index (χ1n) is 7.43. The molecular formula is C15H26N4S. The summed E-state index contributed by atoms with van der Waals surface area (Å²) in [6, 6.07) is 0. The van der Waals surface area contributed by atoms with Gasteiger partial charge in [0.2, 0.25) is 0 Å². The van der Waals surface area contributed by atoms with Gasteiger partial charge in [0.15, 0.2) is 0 Å². The van der Waals surface area contributed by atoms with Gasteiger partial charge < -0.3 is 10.6 Å². The maximum atomic E-state index is 4.46. The monoisotopic (exact) mass is 294 g/mol. The van der Waals surface area contributed by atoms with Gasteiger partial charge in [-0.05, 0) is 25.0 Å². The van der Waals surface area contributed by atoms with Gasteiger partial charge in [0, 0.05) is 23.9 Å². The minimum absolute atomic E-state index is 0.388. The molecule has 0 aliphatic heterocycles. The Balaban J connectivity index is 2.16. The average molecular weight is 294 g/mol. The van der Waals surface area contributed by atoms with Crippen molar-refractivity contribution in [3.8, 4) is 0 Å². The summed E-state index contributed by atoms with van der Waals surface area (Å²) in [6.45, 7) is 5.36. The molecule has 0 unspecified atom stereocenters. The van der Waals surface area contributed by atoms with Crippen LogP contribution in [0.25, 0.3) is 0 Å².